The van der Waals surface area contributed by atoms with Crippen LogP contribution >= 0.6 is 10.6 Å². The number of benzene rings is 2. The minimum absolute atomic E-state index is 0.0530. The van der Waals surface area contributed by atoms with Gasteiger partial charge in [0.25, 0.3) is 0 Å². The molecule has 2 atom stereocenters. The smallest absolute Gasteiger partial charge is 0.322 e. The zero-order valence-corrected chi connectivity index (χ0v) is 22.1. The Morgan fingerprint density at radius 3 is 2.53 bits per heavy atom. The van der Waals surface area contributed by atoms with Crippen molar-refractivity contribution in [3.8, 4) is 5.75 Å². The Labute approximate surface area is 214 Å². The molecular weight excluding hydrogens is 480 g/mol. The van der Waals surface area contributed by atoms with Crippen molar-refractivity contribution in [2.45, 2.75) is 68.8 Å². The van der Waals surface area contributed by atoms with Gasteiger partial charge in [0.1, 0.15) is 12.3 Å². The number of carbonyl (C=O) groups excluding carboxylic acids is 1. The fourth-order valence-corrected chi connectivity index (χ4v) is 7.10. The van der Waals surface area contributed by atoms with E-state index in [2.05, 4.69) is 24.5 Å². The maximum Gasteiger partial charge on any atom is 0.322 e. The van der Waals surface area contributed by atoms with Crippen LogP contribution in [0.15, 0.2) is 47.4 Å². The summed E-state index contributed by atoms with van der Waals surface area (Å²) in [7, 11) is -1.62. The highest BCUT2D eigenvalue weighted by molar-refractivity contribution is 8.24. The van der Waals surface area contributed by atoms with Crippen molar-refractivity contribution in [3.63, 3.8) is 0 Å². The van der Waals surface area contributed by atoms with Gasteiger partial charge >= 0.3 is 5.97 Å². The van der Waals surface area contributed by atoms with Gasteiger partial charge in [0.15, 0.2) is 0 Å². The molecule has 0 aromatic heterocycles. The van der Waals surface area contributed by atoms with E-state index in [9.17, 15) is 18.7 Å². The molecule has 1 heterocycles. The Morgan fingerprint density at radius 1 is 1.19 bits per heavy atom. The second-order valence-electron chi connectivity index (χ2n) is 9.41. The molecular formula is C27H38N2O6S. The van der Waals surface area contributed by atoms with E-state index in [1.54, 1.807) is 13.2 Å². The van der Waals surface area contributed by atoms with E-state index in [-0.39, 0.29) is 24.6 Å². The van der Waals surface area contributed by atoms with Crippen molar-refractivity contribution in [1.82, 2.24) is 10.6 Å². The Bertz CT molecular complexity index is 1060. The molecule has 5 N–H and O–H groups in total. The van der Waals surface area contributed by atoms with Crippen LogP contribution in [0.4, 0.5) is 0 Å². The highest BCUT2D eigenvalue weighted by atomic mass is 32.3. The summed E-state index contributed by atoms with van der Waals surface area (Å²) in [6.07, 6.45) is 3.86. The Hall–Kier alpha value is -2.59. The molecule has 1 aliphatic heterocycles. The standard InChI is InChI=1S/C27H38N2O6S/c1-4-6-14-27(5-2)18-36(33,34)23-15-20(12-13-24(30)28-17-25(31)32)22(35-3)16-21(23)26(29-27)19-10-8-7-9-11-19/h7-11,15-16,26,29,33-34H,4-6,12-14,17-18H2,1-3H3,(H,28,30)(H,31,32)/t26-,27-/m1/s1. The fraction of sp³-hybridized carbons (Fsp3) is 0.481. The van der Waals surface area contributed by atoms with E-state index < -0.39 is 34.5 Å². The topological polar surface area (TPSA) is 128 Å². The molecule has 0 saturated carbocycles. The van der Waals surface area contributed by atoms with E-state index >= 15 is 0 Å². The van der Waals surface area contributed by atoms with Gasteiger partial charge in [-0.1, -0.05) is 57.0 Å². The molecule has 1 aliphatic rings. The molecule has 2 aromatic carbocycles. The van der Waals surface area contributed by atoms with Crippen LogP contribution in [0, 0.1) is 0 Å². The highest BCUT2D eigenvalue weighted by Gasteiger charge is 2.42. The number of aliphatic carboxylic acids is 1. The number of hydrogen-bond donors (Lipinski definition) is 5. The summed E-state index contributed by atoms with van der Waals surface area (Å²) in [6, 6.07) is 13.3. The van der Waals surface area contributed by atoms with Crippen molar-refractivity contribution >= 4 is 22.5 Å². The van der Waals surface area contributed by atoms with E-state index in [4.69, 9.17) is 9.84 Å². The van der Waals surface area contributed by atoms with Crippen LogP contribution in [0.5, 0.6) is 5.75 Å². The molecule has 9 heteroatoms. The lowest BCUT2D eigenvalue weighted by atomic mass is 9.87. The van der Waals surface area contributed by atoms with Gasteiger partial charge in [-0.3, -0.25) is 24.0 Å². The lowest BCUT2D eigenvalue weighted by Gasteiger charge is -2.42. The number of carbonyl (C=O) groups is 2. The number of methoxy groups -OCH3 is 1. The van der Waals surface area contributed by atoms with Gasteiger partial charge in [0.05, 0.1) is 23.8 Å². The largest absolute Gasteiger partial charge is 0.496 e. The van der Waals surface area contributed by atoms with E-state index in [1.807, 2.05) is 36.4 Å². The third-order valence-electron chi connectivity index (χ3n) is 6.88. The average Bonchev–Trinajstić information content (AvgIpc) is 2.96. The van der Waals surface area contributed by atoms with Crippen LogP contribution in [0.1, 0.15) is 68.7 Å². The molecule has 0 radical (unpaired) electrons. The molecule has 0 saturated heterocycles. The molecule has 0 bridgehead atoms. The average molecular weight is 519 g/mol. The number of hydrogen-bond acceptors (Lipinski definition) is 6. The SMILES string of the molecule is CCCC[C@]1(CC)CS(O)(O)c2cc(CCC(=O)NCC(=O)O)c(OC)cc2[C@@H](c2ccccc2)N1. The predicted molar refractivity (Wildman–Crippen MR) is 142 cm³/mol. The zero-order chi connectivity index (χ0) is 26.3. The van der Waals surface area contributed by atoms with Gasteiger partial charge in [-0.15, -0.1) is 0 Å². The number of aryl methyl sites for hydroxylation is 1. The molecule has 8 nitrogen and oxygen atoms in total. The van der Waals surface area contributed by atoms with E-state index in [0.29, 0.717) is 16.2 Å². The Kier molecular flexibility index (Phi) is 9.41. The molecule has 198 valence electrons. The summed E-state index contributed by atoms with van der Waals surface area (Å²) in [5.74, 6) is -0.746. The van der Waals surface area contributed by atoms with Crippen LogP contribution in [0.3, 0.4) is 0 Å². The minimum atomic E-state index is -3.17. The van der Waals surface area contributed by atoms with Crippen molar-refractivity contribution in [3.05, 3.63) is 59.2 Å². The summed E-state index contributed by atoms with van der Waals surface area (Å²) < 4.78 is 28.8. The summed E-state index contributed by atoms with van der Waals surface area (Å²) in [5, 5.41) is 15.0. The van der Waals surface area contributed by atoms with Gasteiger partial charge in [-0.25, -0.2) is 0 Å². The maximum absolute atomic E-state index is 12.1. The zero-order valence-electron chi connectivity index (χ0n) is 21.3. The monoisotopic (exact) mass is 518 g/mol. The van der Waals surface area contributed by atoms with Gasteiger partial charge < -0.3 is 15.2 Å². The number of nitrogens with one attached hydrogen (secondary N) is 2. The number of unbranched alkanes of at least 4 members (excludes halogenated alkanes) is 1. The lowest BCUT2D eigenvalue weighted by molar-refractivity contribution is -0.137. The van der Waals surface area contributed by atoms with Crippen molar-refractivity contribution < 1.29 is 28.5 Å². The van der Waals surface area contributed by atoms with Gasteiger partial charge in [-0.05, 0) is 42.5 Å². The van der Waals surface area contributed by atoms with Crippen molar-refractivity contribution in [1.29, 1.82) is 0 Å². The highest BCUT2D eigenvalue weighted by Crippen LogP contribution is 2.58. The van der Waals surface area contributed by atoms with Gasteiger partial charge in [-0.2, -0.15) is 10.6 Å². The molecule has 0 spiro atoms. The molecule has 3 rings (SSSR count). The molecule has 2 aromatic rings. The quantitative estimate of drug-likeness (QED) is 0.284. The van der Waals surface area contributed by atoms with Gasteiger partial charge in [0, 0.05) is 17.5 Å². The Balaban J connectivity index is 2.08. The van der Waals surface area contributed by atoms with E-state index in [1.165, 1.54) is 0 Å². The summed E-state index contributed by atoms with van der Waals surface area (Å²) in [6.45, 7) is 3.77. The number of carboxylic acids is 1. The second kappa shape index (κ2) is 12.1. The third-order valence-corrected chi connectivity index (χ3v) is 8.89. The minimum Gasteiger partial charge on any atom is -0.496 e. The number of rotatable bonds is 11. The van der Waals surface area contributed by atoms with Crippen molar-refractivity contribution in [2.24, 2.45) is 0 Å². The fourth-order valence-electron chi connectivity index (χ4n) is 4.86. The second-order valence-corrected chi connectivity index (χ2v) is 11.5. The number of carboxylic acid groups (broad SMARTS) is 1. The lowest BCUT2D eigenvalue weighted by Crippen LogP contribution is -2.49. The number of fused-ring (bicyclic) bond motifs is 1. The first-order valence-corrected chi connectivity index (χ1v) is 14.1. The normalized spacial score (nSPS) is 21.6. The molecule has 0 unspecified atom stereocenters. The maximum atomic E-state index is 12.1. The van der Waals surface area contributed by atoms with Crippen LogP contribution < -0.4 is 15.4 Å². The molecule has 0 fully saturated rings. The van der Waals surface area contributed by atoms with Crippen molar-refractivity contribution in [2.75, 3.05) is 19.4 Å². The van der Waals surface area contributed by atoms with Crippen LogP contribution in [0.2, 0.25) is 0 Å². The molecule has 1 amide bonds. The first-order valence-electron chi connectivity index (χ1n) is 12.4. The van der Waals surface area contributed by atoms with E-state index in [0.717, 1.165) is 36.8 Å². The number of ether oxygens (including phenoxy) is 1. The number of amides is 1. The van der Waals surface area contributed by atoms with Crippen LogP contribution in [0.25, 0.3) is 0 Å². The predicted octanol–water partition coefficient (Wildman–Crippen LogP) is 4.97. The third kappa shape index (κ3) is 6.59. The summed E-state index contributed by atoms with van der Waals surface area (Å²) in [5.41, 5.74) is 1.99. The molecule has 0 aliphatic carbocycles. The van der Waals surface area contributed by atoms with Gasteiger partial charge in [0.2, 0.25) is 5.91 Å². The van der Waals surface area contributed by atoms with Crippen LogP contribution in [-0.2, 0) is 16.0 Å². The molecule has 36 heavy (non-hydrogen) atoms. The first kappa shape index (κ1) is 28.0. The summed E-state index contributed by atoms with van der Waals surface area (Å²) >= 11 is 0. The Morgan fingerprint density at radius 2 is 1.92 bits per heavy atom. The van der Waals surface area contributed by atoms with Crippen LogP contribution in [-0.4, -0.2) is 51.0 Å². The summed E-state index contributed by atoms with van der Waals surface area (Å²) in [4.78, 5) is 23.3. The first-order chi connectivity index (χ1) is 17.1.